The third-order valence-corrected chi connectivity index (χ3v) is 2.70. The van der Waals surface area contributed by atoms with Gasteiger partial charge in [-0.2, -0.15) is 0 Å². The second-order valence-corrected chi connectivity index (χ2v) is 3.47. The molecule has 0 amide bonds. The van der Waals surface area contributed by atoms with Crippen molar-refractivity contribution in [1.29, 1.82) is 0 Å². The van der Waals surface area contributed by atoms with Crippen LogP contribution >= 0.6 is 0 Å². The Morgan fingerprint density at radius 2 is 2.42 bits per heavy atom. The molecule has 2 fully saturated rings. The number of hydrogen-bond donors (Lipinski definition) is 0. The molecule has 2 aliphatic rings. The molecule has 3 heteroatoms. The van der Waals surface area contributed by atoms with Crippen molar-refractivity contribution >= 4 is 5.97 Å². The van der Waals surface area contributed by atoms with Crippen molar-refractivity contribution in [2.45, 2.75) is 38.4 Å². The Bertz CT molecular complexity index is 190. The van der Waals surface area contributed by atoms with Crippen molar-refractivity contribution in [2.24, 2.45) is 5.92 Å². The van der Waals surface area contributed by atoms with E-state index >= 15 is 0 Å². The minimum Gasteiger partial charge on any atom is -0.466 e. The Kier molecular flexibility index (Phi) is 2.05. The first kappa shape index (κ1) is 8.05. The summed E-state index contributed by atoms with van der Waals surface area (Å²) >= 11 is 0. The lowest BCUT2D eigenvalue weighted by molar-refractivity contribution is -0.149. The lowest BCUT2D eigenvalue weighted by Crippen LogP contribution is -2.27. The smallest absolute Gasteiger partial charge is 0.311 e. The van der Waals surface area contributed by atoms with E-state index < -0.39 is 0 Å². The van der Waals surface area contributed by atoms with Gasteiger partial charge in [0.05, 0.1) is 24.7 Å². The van der Waals surface area contributed by atoms with Gasteiger partial charge >= 0.3 is 5.97 Å². The Hall–Kier alpha value is -0.570. The van der Waals surface area contributed by atoms with Gasteiger partial charge in [-0.15, -0.1) is 0 Å². The second kappa shape index (κ2) is 3.05. The zero-order chi connectivity index (χ0) is 8.55. The molecule has 0 saturated carbocycles. The summed E-state index contributed by atoms with van der Waals surface area (Å²) in [7, 11) is 0. The quantitative estimate of drug-likeness (QED) is 0.582. The van der Waals surface area contributed by atoms with Crippen molar-refractivity contribution in [3.63, 3.8) is 0 Å². The summed E-state index contributed by atoms with van der Waals surface area (Å²) in [4.78, 5) is 11.3. The van der Waals surface area contributed by atoms with E-state index in [1.54, 1.807) is 0 Å². The third kappa shape index (κ3) is 1.22. The Morgan fingerprint density at radius 3 is 2.92 bits per heavy atom. The first-order valence-corrected chi connectivity index (χ1v) is 4.63. The van der Waals surface area contributed by atoms with Crippen LogP contribution in [0.2, 0.25) is 0 Å². The second-order valence-electron chi connectivity index (χ2n) is 3.47. The highest BCUT2D eigenvalue weighted by atomic mass is 16.5. The van der Waals surface area contributed by atoms with Gasteiger partial charge in [-0.3, -0.25) is 4.79 Å². The Labute approximate surface area is 72.0 Å². The van der Waals surface area contributed by atoms with E-state index in [-0.39, 0.29) is 18.0 Å². The molecule has 0 spiro atoms. The minimum atomic E-state index is -0.0651. The molecule has 68 valence electrons. The molecular weight excluding hydrogens is 156 g/mol. The summed E-state index contributed by atoms with van der Waals surface area (Å²) in [6.45, 7) is 2.32. The predicted octanol–water partition coefficient (Wildman–Crippen LogP) is 1.12. The molecule has 0 N–H and O–H groups in total. The van der Waals surface area contributed by atoms with E-state index in [1.807, 2.05) is 6.92 Å². The lowest BCUT2D eigenvalue weighted by Gasteiger charge is -2.16. The molecule has 0 aromatic rings. The fourth-order valence-electron chi connectivity index (χ4n) is 2.14. The molecular formula is C9H14O3. The molecule has 3 nitrogen and oxygen atoms in total. The SMILES string of the molecule is CCOC(=O)[C@@H]1C[C@H]2CC[C@@H]1O2. The fourth-order valence-corrected chi connectivity index (χ4v) is 2.14. The summed E-state index contributed by atoms with van der Waals surface area (Å²) in [5, 5.41) is 0. The number of fused-ring (bicyclic) bond motifs is 2. The van der Waals surface area contributed by atoms with E-state index in [4.69, 9.17) is 9.47 Å². The van der Waals surface area contributed by atoms with Gasteiger partial charge in [0, 0.05) is 0 Å². The monoisotopic (exact) mass is 170 g/mol. The summed E-state index contributed by atoms with van der Waals surface area (Å²) in [6, 6.07) is 0. The maximum Gasteiger partial charge on any atom is 0.311 e. The molecule has 12 heavy (non-hydrogen) atoms. The van der Waals surface area contributed by atoms with Crippen LogP contribution in [0.25, 0.3) is 0 Å². The van der Waals surface area contributed by atoms with Crippen LogP contribution < -0.4 is 0 Å². The average Bonchev–Trinajstić information content (AvgIpc) is 2.64. The van der Waals surface area contributed by atoms with E-state index in [2.05, 4.69) is 0 Å². The third-order valence-electron chi connectivity index (χ3n) is 2.70. The number of carbonyl (C=O) groups excluding carboxylic acids is 1. The van der Waals surface area contributed by atoms with Crippen LogP contribution in [0.4, 0.5) is 0 Å². The van der Waals surface area contributed by atoms with E-state index in [1.165, 1.54) is 0 Å². The summed E-state index contributed by atoms with van der Waals surface area (Å²) in [6.07, 6.45) is 3.54. The molecule has 2 bridgehead atoms. The van der Waals surface area contributed by atoms with Crippen LogP contribution in [0.5, 0.6) is 0 Å². The van der Waals surface area contributed by atoms with Crippen LogP contribution in [0, 0.1) is 5.92 Å². The van der Waals surface area contributed by atoms with E-state index in [0.717, 1.165) is 19.3 Å². The van der Waals surface area contributed by atoms with Gasteiger partial charge in [0.25, 0.3) is 0 Å². The fraction of sp³-hybridized carbons (Fsp3) is 0.889. The maximum atomic E-state index is 11.3. The van der Waals surface area contributed by atoms with Gasteiger partial charge in [0.2, 0.25) is 0 Å². The largest absolute Gasteiger partial charge is 0.466 e. The van der Waals surface area contributed by atoms with Crippen LogP contribution in [0.3, 0.4) is 0 Å². The number of esters is 1. The molecule has 0 radical (unpaired) electrons. The number of ether oxygens (including phenoxy) is 2. The number of carbonyl (C=O) groups is 1. The van der Waals surface area contributed by atoms with Crippen LogP contribution in [-0.2, 0) is 14.3 Å². The molecule has 0 unspecified atom stereocenters. The summed E-state index contributed by atoms with van der Waals surface area (Å²) in [5.41, 5.74) is 0. The molecule has 0 aromatic carbocycles. The summed E-state index contributed by atoms with van der Waals surface area (Å²) < 4.78 is 10.5. The summed E-state index contributed by atoms with van der Waals surface area (Å²) in [5.74, 6) is -0.0339. The van der Waals surface area contributed by atoms with Crippen molar-refractivity contribution in [1.82, 2.24) is 0 Å². The van der Waals surface area contributed by atoms with E-state index in [0.29, 0.717) is 12.7 Å². The highest BCUT2D eigenvalue weighted by Gasteiger charge is 2.45. The number of hydrogen-bond acceptors (Lipinski definition) is 3. The average molecular weight is 170 g/mol. The first-order chi connectivity index (χ1) is 5.81. The Balaban J connectivity index is 1.93. The maximum absolute atomic E-state index is 11.3. The molecule has 2 rings (SSSR count). The lowest BCUT2D eigenvalue weighted by atomic mass is 9.89. The highest BCUT2D eigenvalue weighted by molar-refractivity contribution is 5.73. The zero-order valence-corrected chi connectivity index (χ0v) is 7.29. The number of rotatable bonds is 2. The van der Waals surface area contributed by atoms with Gasteiger partial charge < -0.3 is 9.47 Å². The van der Waals surface area contributed by atoms with Gasteiger partial charge in [-0.1, -0.05) is 0 Å². The molecule has 3 atom stereocenters. The highest BCUT2D eigenvalue weighted by Crippen LogP contribution is 2.39. The van der Waals surface area contributed by atoms with Crippen molar-refractivity contribution in [3.05, 3.63) is 0 Å². The van der Waals surface area contributed by atoms with Gasteiger partial charge in [0.15, 0.2) is 0 Å². The molecule has 2 heterocycles. The molecule has 2 saturated heterocycles. The minimum absolute atomic E-state index is 0.0312. The van der Waals surface area contributed by atoms with Crippen molar-refractivity contribution in [3.8, 4) is 0 Å². The zero-order valence-electron chi connectivity index (χ0n) is 7.29. The van der Waals surface area contributed by atoms with Gasteiger partial charge in [-0.25, -0.2) is 0 Å². The van der Waals surface area contributed by atoms with E-state index in [9.17, 15) is 4.79 Å². The van der Waals surface area contributed by atoms with Gasteiger partial charge in [0.1, 0.15) is 0 Å². The standard InChI is InChI=1S/C9H14O3/c1-2-11-9(10)7-5-6-3-4-8(7)12-6/h6-8H,2-5H2,1H3/t6-,7-,8+/m1/s1. The topological polar surface area (TPSA) is 35.5 Å². The normalized spacial score (nSPS) is 38.6. The molecule has 0 aromatic heterocycles. The van der Waals surface area contributed by atoms with Crippen LogP contribution in [0.1, 0.15) is 26.2 Å². The first-order valence-electron chi connectivity index (χ1n) is 4.63. The predicted molar refractivity (Wildman–Crippen MR) is 42.6 cm³/mol. The van der Waals surface area contributed by atoms with Crippen molar-refractivity contribution in [2.75, 3.05) is 6.61 Å². The Morgan fingerprint density at radius 1 is 1.58 bits per heavy atom. The molecule has 2 aliphatic heterocycles. The van der Waals surface area contributed by atoms with Crippen LogP contribution in [0.15, 0.2) is 0 Å². The van der Waals surface area contributed by atoms with Gasteiger partial charge in [-0.05, 0) is 26.2 Å². The van der Waals surface area contributed by atoms with Crippen LogP contribution in [-0.4, -0.2) is 24.8 Å². The molecule has 0 aliphatic carbocycles. The van der Waals surface area contributed by atoms with Crippen molar-refractivity contribution < 1.29 is 14.3 Å².